The van der Waals surface area contributed by atoms with E-state index in [1.54, 1.807) is 0 Å². The zero-order chi connectivity index (χ0) is 18.4. The number of thioether (sulfide) groups is 1. The van der Waals surface area contributed by atoms with Gasteiger partial charge in [-0.2, -0.15) is 0 Å². The molecule has 25 heavy (non-hydrogen) atoms. The van der Waals surface area contributed by atoms with E-state index in [9.17, 15) is 19.8 Å². The molecule has 2 aliphatic rings. The maximum absolute atomic E-state index is 12.2. The fourth-order valence-electron chi connectivity index (χ4n) is 3.71. The summed E-state index contributed by atoms with van der Waals surface area (Å²) in [5.74, 6) is -1.70. The lowest BCUT2D eigenvalue weighted by atomic mass is 9.87. The standard InChI is InChI=1S/C18H28O6S/c1-11-5-3-2-4-6-12-7-13(19)8-14(12)18(23)15(9-17(22)24-11)25-10-16(20)21/h4,6,11-15,18-19,23H,2-3,5,7-10H2,1H3,(H,20,21)/b6-4+/t11-,12+,13-,14+,15+,18-/m0/s1. The Balaban J connectivity index is 2.18. The number of carboxylic acid groups (broad SMARTS) is 1. The maximum atomic E-state index is 12.2. The molecular weight excluding hydrogens is 344 g/mol. The predicted molar refractivity (Wildman–Crippen MR) is 95.3 cm³/mol. The van der Waals surface area contributed by atoms with Gasteiger partial charge in [0.1, 0.15) is 0 Å². The Morgan fingerprint density at radius 2 is 2.12 bits per heavy atom. The van der Waals surface area contributed by atoms with E-state index in [1.165, 1.54) is 0 Å². The van der Waals surface area contributed by atoms with Crippen molar-refractivity contribution in [1.29, 1.82) is 0 Å². The smallest absolute Gasteiger partial charge is 0.313 e. The van der Waals surface area contributed by atoms with Crippen LogP contribution >= 0.6 is 11.8 Å². The minimum Gasteiger partial charge on any atom is -0.481 e. The molecule has 1 fully saturated rings. The van der Waals surface area contributed by atoms with E-state index in [4.69, 9.17) is 9.84 Å². The number of rotatable bonds is 3. The first kappa shape index (κ1) is 20.3. The van der Waals surface area contributed by atoms with E-state index in [0.717, 1.165) is 31.0 Å². The van der Waals surface area contributed by atoms with Crippen molar-refractivity contribution < 1.29 is 29.6 Å². The van der Waals surface area contributed by atoms with Gasteiger partial charge in [-0.05, 0) is 50.9 Å². The Morgan fingerprint density at radius 1 is 1.36 bits per heavy atom. The average molecular weight is 372 g/mol. The van der Waals surface area contributed by atoms with Gasteiger partial charge in [0.2, 0.25) is 0 Å². The van der Waals surface area contributed by atoms with Gasteiger partial charge in [0.05, 0.1) is 30.5 Å². The van der Waals surface area contributed by atoms with E-state index in [-0.39, 0.29) is 30.1 Å². The molecule has 1 saturated carbocycles. The van der Waals surface area contributed by atoms with Crippen LogP contribution in [-0.4, -0.2) is 56.6 Å². The summed E-state index contributed by atoms with van der Waals surface area (Å²) in [6.07, 6.45) is 6.20. The lowest BCUT2D eigenvalue weighted by molar-refractivity contribution is -0.149. The molecule has 0 aromatic rings. The molecule has 0 bridgehead atoms. The van der Waals surface area contributed by atoms with Crippen LogP contribution in [0.3, 0.4) is 0 Å². The number of carbonyl (C=O) groups is 2. The zero-order valence-corrected chi connectivity index (χ0v) is 15.4. The Morgan fingerprint density at radius 3 is 2.84 bits per heavy atom. The molecule has 6 nitrogen and oxygen atoms in total. The van der Waals surface area contributed by atoms with Crippen LogP contribution in [0.2, 0.25) is 0 Å². The highest BCUT2D eigenvalue weighted by molar-refractivity contribution is 8.00. The molecule has 0 aromatic heterocycles. The van der Waals surface area contributed by atoms with Gasteiger partial charge >= 0.3 is 11.9 Å². The van der Waals surface area contributed by atoms with Crippen molar-refractivity contribution >= 4 is 23.7 Å². The molecule has 0 spiro atoms. The molecule has 1 heterocycles. The summed E-state index contributed by atoms with van der Waals surface area (Å²) >= 11 is 1.07. The highest BCUT2D eigenvalue weighted by Crippen LogP contribution is 2.39. The van der Waals surface area contributed by atoms with Crippen LogP contribution < -0.4 is 0 Å². The molecule has 1 aliphatic carbocycles. The summed E-state index contributed by atoms with van der Waals surface area (Å²) in [5, 5.41) is 29.2. The van der Waals surface area contributed by atoms with Crippen LogP contribution in [0.4, 0.5) is 0 Å². The number of aliphatic hydroxyl groups is 2. The minimum atomic E-state index is -0.982. The van der Waals surface area contributed by atoms with Gasteiger partial charge in [-0.1, -0.05) is 12.2 Å². The number of hydrogen-bond donors (Lipinski definition) is 3. The summed E-state index contributed by atoms with van der Waals surface area (Å²) in [7, 11) is 0. The Labute approximate surface area is 152 Å². The second-order valence-corrected chi connectivity index (χ2v) is 8.28. The van der Waals surface area contributed by atoms with Crippen molar-refractivity contribution in [2.45, 2.75) is 69.0 Å². The third-order valence-corrected chi connectivity index (χ3v) is 6.23. The topological polar surface area (TPSA) is 104 Å². The van der Waals surface area contributed by atoms with Crippen LogP contribution in [0.1, 0.15) is 45.4 Å². The van der Waals surface area contributed by atoms with Crippen molar-refractivity contribution in [3.05, 3.63) is 12.2 Å². The number of allylic oxidation sites excluding steroid dienone is 2. The number of aliphatic hydroxyl groups excluding tert-OH is 2. The molecule has 0 unspecified atom stereocenters. The number of ether oxygens (including phenoxy) is 1. The van der Waals surface area contributed by atoms with E-state index in [0.29, 0.717) is 12.8 Å². The SMILES string of the molecule is C[C@H]1CCC/C=C/[C@@H]2C[C@H](O)C[C@H]2[C@H](O)[C@H](SCC(=O)O)CC(=O)O1. The third-order valence-electron chi connectivity index (χ3n) is 4.94. The summed E-state index contributed by atoms with van der Waals surface area (Å²) in [6.45, 7) is 1.85. The summed E-state index contributed by atoms with van der Waals surface area (Å²) in [6, 6.07) is 0. The fraction of sp³-hybridized carbons (Fsp3) is 0.778. The number of carbonyl (C=O) groups excluding carboxylic acids is 1. The summed E-state index contributed by atoms with van der Waals surface area (Å²) < 4.78 is 5.40. The van der Waals surface area contributed by atoms with Crippen molar-refractivity contribution in [3.63, 3.8) is 0 Å². The van der Waals surface area contributed by atoms with Crippen LogP contribution in [0.15, 0.2) is 12.2 Å². The number of cyclic esters (lactones) is 1. The molecule has 3 N–H and O–H groups in total. The maximum Gasteiger partial charge on any atom is 0.313 e. The van der Waals surface area contributed by atoms with Gasteiger partial charge in [0.15, 0.2) is 0 Å². The highest BCUT2D eigenvalue weighted by Gasteiger charge is 2.40. The highest BCUT2D eigenvalue weighted by atomic mass is 32.2. The Kier molecular flexibility index (Phi) is 7.78. The van der Waals surface area contributed by atoms with Gasteiger partial charge < -0.3 is 20.1 Å². The predicted octanol–water partition coefficient (Wildman–Crippen LogP) is 1.98. The van der Waals surface area contributed by atoms with Crippen molar-refractivity contribution in [2.75, 3.05) is 5.75 Å². The monoisotopic (exact) mass is 372 g/mol. The van der Waals surface area contributed by atoms with Crippen LogP contribution in [0, 0.1) is 11.8 Å². The number of fused-ring (bicyclic) bond motifs is 1. The second-order valence-electron chi connectivity index (χ2n) is 7.05. The fourth-order valence-corrected chi connectivity index (χ4v) is 4.72. The molecule has 142 valence electrons. The van der Waals surface area contributed by atoms with Crippen LogP contribution in [0.25, 0.3) is 0 Å². The van der Waals surface area contributed by atoms with Crippen molar-refractivity contribution in [2.24, 2.45) is 11.8 Å². The lowest BCUT2D eigenvalue weighted by Crippen LogP contribution is -2.36. The van der Waals surface area contributed by atoms with Crippen molar-refractivity contribution in [3.8, 4) is 0 Å². The number of hydrogen-bond acceptors (Lipinski definition) is 6. The number of aliphatic carboxylic acids is 1. The molecule has 7 heteroatoms. The van der Waals surface area contributed by atoms with E-state index in [2.05, 4.69) is 12.2 Å². The molecular formula is C18H28O6S. The average Bonchev–Trinajstić information content (AvgIpc) is 2.90. The van der Waals surface area contributed by atoms with Crippen LogP contribution in [0.5, 0.6) is 0 Å². The van der Waals surface area contributed by atoms with Crippen molar-refractivity contribution in [1.82, 2.24) is 0 Å². The molecule has 0 radical (unpaired) electrons. The Hall–Kier alpha value is -1.05. The number of carboxylic acids is 1. The first-order valence-electron chi connectivity index (χ1n) is 8.92. The van der Waals surface area contributed by atoms with E-state index >= 15 is 0 Å². The second kappa shape index (κ2) is 9.59. The first-order valence-corrected chi connectivity index (χ1v) is 9.97. The van der Waals surface area contributed by atoms with Crippen LogP contribution in [-0.2, 0) is 14.3 Å². The Bertz CT molecular complexity index is 494. The summed E-state index contributed by atoms with van der Waals surface area (Å²) in [5.41, 5.74) is 0. The van der Waals surface area contributed by atoms with Gasteiger partial charge in [0, 0.05) is 5.25 Å². The molecule has 6 atom stereocenters. The van der Waals surface area contributed by atoms with Gasteiger partial charge in [-0.15, -0.1) is 11.8 Å². The molecule has 0 aromatic carbocycles. The van der Waals surface area contributed by atoms with Gasteiger partial charge in [-0.3, -0.25) is 9.59 Å². The van der Waals surface area contributed by atoms with Gasteiger partial charge in [0.25, 0.3) is 0 Å². The molecule has 0 saturated heterocycles. The number of esters is 1. The minimum absolute atomic E-state index is 0.0213. The normalized spacial score (nSPS) is 38.6. The first-order chi connectivity index (χ1) is 11.9. The largest absolute Gasteiger partial charge is 0.481 e. The lowest BCUT2D eigenvalue weighted by Gasteiger charge is -2.29. The third kappa shape index (κ3) is 6.31. The molecule has 1 aliphatic heterocycles. The molecule has 0 amide bonds. The van der Waals surface area contributed by atoms with E-state index in [1.807, 2.05) is 6.92 Å². The van der Waals surface area contributed by atoms with E-state index < -0.39 is 29.4 Å². The summed E-state index contributed by atoms with van der Waals surface area (Å²) in [4.78, 5) is 23.1. The molecule has 2 rings (SSSR count). The van der Waals surface area contributed by atoms with Gasteiger partial charge in [-0.25, -0.2) is 0 Å². The zero-order valence-electron chi connectivity index (χ0n) is 14.5. The quantitative estimate of drug-likeness (QED) is 0.514.